The maximum atomic E-state index is 14.4. The second-order valence-electron chi connectivity index (χ2n) is 5.77. The zero-order chi connectivity index (χ0) is 13.9. The molecular weight excluding hydrogens is 255 g/mol. The van der Waals surface area contributed by atoms with Gasteiger partial charge in [0.15, 0.2) is 0 Å². The molecule has 4 heteroatoms. The zero-order valence-electron chi connectivity index (χ0n) is 12.1. The molecular formula is C16H23FN2O. The number of hydrogen-bond acceptors (Lipinski definition) is 3. The van der Waals surface area contributed by atoms with E-state index in [1.54, 1.807) is 6.07 Å². The van der Waals surface area contributed by atoms with Crippen LogP contribution in [0.3, 0.4) is 0 Å². The van der Waals surface area contributed by atoms with Crippen molar-refractivity contribution in [3.05, 3.63) is 29.6 Å². The number of morpholine rings is 1. The van der Waals surface area contributed by atoms with E-state index in [1.807, 2.05) is 19.2 Å². The second kappa shape index (κ2) is 6.10. The molecule has 2 unspecified atom stereocenters. The van der Waals surface area contributed by atoms with E-state index in [9.17, 15) is 4.39 Å². The van der Waals surface area contributed by atoms with Crippen molar-refractivity contribution in [1.82, 2.24) is 5.32 Å². The van der Waals surface area contributed by atoms with Crippen LogP contribution >= 0.6 is 0 Å². The van der Waals surface area contributed by atoms with Crippen molar-refractivity contribution in [1.29, 1.82) is 0 Å². The number of hydrogen-bond donors (Lipinski definition) is 1. The van der Waals surface area contributed by atoms with Gasteiger partial charge >= 0.3 is 0 Å². The Labute approximate surface area is 120 Å². The molecule has 1 aliphatic heterocycles. The van der Waals surface area contributed by atoms with Crippen LogP contribution in [0.4, 0.5) is 10.1 Å². The predicted molar refractivity (Wildman–Crippen MR) is 78.5 cm³/mol. The van der Waals surface area contributed by atoms with E-state index < -0.39 is 0 Å². The molecule has 2 fully saturated rings. The van der Waals surface area contributed by atoms with Crippen molar-refractivity contribution in [2.45, 2.75) is 44.4 Å². The van der Waals surface area contributed by atoms with Crippen LogP contribution in [0.1, 0.15) is 31.2 Å². The molecule has 110 valence electrons. The highest BCUT2D eigenvalue weighted by molar-refractivity contribution is 5.51. The van der Waals surface area contributed by atoms with E-state index in [4.69, 9.17) is 4.74 Å². The normalized spacial score (nSPS) is 26.4. The van der Waals surface area contributed by atoms with Crippen molar-refractivity contribution < 1.29 is 9.13 Å². The fraction of sp³-hybridized carbons (Fsp3) is 0.625. The highest BCUT2D eigenvalue weighted by atomic mass is 19.1. The average Bonchev–Trinajstić information content (AvgIpc) is 2.47. The Hall–Kier alpha value is -1.13. The largest absolute Gasteiger partial charge is 0.374 e. The van der Waals surface area contributed by atoms with Crippen LogP contribution in [0.5, 0.6) is 0 Å². The Morgan fingerprint density at radius 3 is 3.00 bits per heavy atom. The van der Waals surface area contributed by atoms with Crippen molar-refractivity contribution in [3.63, 3.8) is 0 Å². The van der Waals surface area contributed by atoms with E-state index in [0.29, 0.717) is 19.2 Å². The zero-order valence-corrected chi connectivity index (χ0v) is 12.1. The van der Waals surface area contributed by atoms with Crippen LogP contribution in [0.15, 0.2) is 18.2 Å². The smallest absolute Gasteiger partial charge is 0.146 e. The number of benzene rings is 1. The lowest BCUT2D eigenvalue weighted by Gasteiger charge is -2.45. The number of nitrogens with zero attached hydrogens (tertiary/aromatic N) is 1. The highest BCUT2D eigenvalue weighted by Crippen LogP contribution is 2.33. The van der Waals surface area contributed by atoms with Gasteiger partial charge in [0.05, 0.1) is 24.4 Å². The quantitative estimate of drug-likeness (QED) is 0.920. The van der Waals surface area contributed by atoms with Crippen molar-refractivity contribution in [2.24, 2.45) is 0 Å². The number of anilines is 1. The first kappa shape index (κ1) is 13.8. The van der Waals surface area contributed by atoms with Gasteiger partial charge in [-0.1, -0.05) is 18.9 Å². The third-order valence-corrected chi connectivity index (χ3v) is 4.43. The summed E-state index contributed by atoms with van der Waals surface area (Å²) >= 11 is 0. The molecule has 3 nitrogen and oxygen atoms in total. The van der Waals surface area contributed by atoms with E-state index in [-0.39, 0.29) is 11.9 Å². The molecule has 1 heterocycles. The van der Waals surface area contributed by atoms with Gasteiger partial charge in [0, 0.05) is 13.1 Å². The molecule has 2 atom stereocenters. The minimum absolute atomic E-state index is 0.107. The molecule has 20 heavy (non-hydrogen) atoms. The maximum absolute atomic E-state index is 14.4. The minimum Gasteiger partial charge on any atom is -0.374 e. The number of ether oxygens (including phenoxy) is 1. The number of fused-ring (bicyclic) bond motifs is 1. The summed E-state index contributed by atoms with van der Waals surface area (Å²) in [6.45, 7) is 2.20. The van der Waals surface area contributed by atoms with E-state index in [1.165, 1.54) is 12.8 Å². The fourth-order valence-electron chi connectivity index (χ4n) is 3.49. The lowest BCUT2D eigenvalue weighted by molar-refractivity contribution is -0.00891. The number of rotatable bonds is 3. The molecule has 1 aliphatic carbocycles. The number of halogens is 1. The summed E-state index contributed by atoms with van der Waals surface area (Å²) in [6, 6.07) is 5.95. The molecule has 3 rings (SSSR count). The van der Waals surface area contributed by atoms with Gasteiger partial charge in [-0.3, -0.25) is 0 Å². The van der Waals surface area contributed by atoms with Gasteiger partial charge in [0.1, 0.15) is 5.82 Å². The fourth-order valence-corrected chi connectivity index (χ4v) is 3.49. The van der Waals surface area contributed by atoms with E-state index in [0.717, 1.165) is 30.6 Å². The Balaban J connectivity index is 1.83. The Bertz CT molecular complexity index is 464. The van der Waals surface area contributed by atoms with Crippen LogP contribution in [-0.4, -0.2) is 32.3 Å². The van der Waals surface area contributed by atoms with Gasteiger partial charge in [-0.15, -0.1) is 0 Å². The first-order valence-corrected chi connectivity index (χ1v) is 7.61. The number of nitrogens with one attached hydrogen (secondary N) is 1. The maximum Gasteiger partial charge on any atom is 0.146 e. The second-order valence-corrected chi connectivity index (χ2v) is 5.77. The van der Waals surface area contributed by atoms with Crippen molar-refractivity contribution in [3.8, 4) is 0 Å². The summed E-state index contributed by atoms with van der Waals surface area (Å²) in [5.74, 6) is -0.107. The molecule has 0 amide bonds. The summed E-state index contributed by atoms with van der Waals surface area (Å²) in [5.41, 5.74) is 1.73. The lowest BCUT2D eigenvalue weighted by atomic mass is 9.89. The SMILES string of the molecule is CNCc1ccc(N2CCOC3CCCCC32)c(F)c1. The molecule has 0 spiro atoms. The molecule has 1 aromatic carbocycles. The molecule has 1 saturated carbocycles. The summed E-state index contributed by atoms with van der Waals surface area (Å²) in [7, 11) is 1.88. The molecule has 1 saturated heterocycles. The van der Waals surface area contributed by atoms with E-state index in [2.05, 4.69) is 10.2 Å². The van der Waals surface area contributed by atoms with Crippen LogP contribution in [0.2, 0.25) is 0 Å². The van der Waals surface area contributed by atoms with Gasteiger partial charge in [0.2, 0.25) is 0 Å². The van der Waals surface area contributed by atoms with Crippen molar-refractivity contribution in [2.75, 3.05) is 25.1 Å². The van der Waals surface area contributed by atoms with Crippen molar-refractivity contribution >= 4 is 5.69 Å². The summed E-state index contributed by atoms with van der Waals surface area (Å²) in [6.07, 6.45) is 4.97. The predicted octanol–water partition coefficient (Wildman–Crippen LogP) is 2.69. The van der Waals surface area contributed by atoms with Crippen LogP contribution in [-0.2, 0) is 11.3 Å². The monoisotopic (exact) mass is 278 g/mol. The van der Waals surface area contributed by atoms with Crippen LogP contribution < -0.4 is 10.2 Å². The molecule has 0 radical (unpaired) electrons. The average molecular weight is 278 g/mol. The summed E-state index contributed by atoms with van der Waals surface area (Å²) in [4.78, 5) is 2.23. The first-order chi connectivity index (χ1) is 9.79. The third kappa shape index (κ3) is 2.67. The Kier molecular flexibility index (Phi) is 4.22. The van der Waals surface area contributed by atoms with Crippen LogP contribution in [0.25, 0.3) is 0 Å². The van der Waals surface area contributed by atoms with Gasteiger partial charge in [-0.05, 0) is 37.6 Å². The van der Waals surface area contributed by atoms with Gasteiger partial charge < -0.3 is 15.0 Å². The first-order valence-electron chi connectivity index (χ1n) is 7.61. The van der Waals surface area contributed by atoms with Gasteiger partial charge in [-0.25, -0.2) is 4.39 Å². The molecule has 0 aromatic heterocycles. The standard InChI is InChI=1S/C16H23FN2O/c1-18-11-12-6-7-14(13(17)10-12)19-8-9-20-16-5-3-2-4-15(16)19/h6-7,10,15-16,18H,2-5,8-9,11H2,1H3. The van der Waals surface area contributed by atoms with Gasteiger partial charge in [-0.2, -0.15) is 0 Å². The molecule has 2 aliphatic rings. The molecule has 0 bridgehead atoms. The van der Waals surface area contributed by atoms with Crippen LogP contribution in [0, 0.1) is 5.82 Å². The minimum atomic E-state index is -0.107. The summed E-state index contributed by atoms with van der Waals surface area (Å²) in [5, 5.41) is 3.06. The van der Waals surface area contributed by atoms with Gasteiger partial charge in [0.25, 0.3) is 0 Å². The Morgan fingerprint density at radius 2 is 2.20 bits per heavy atom. The summed E-state index contributed by atoms with van der Waals surface area (Å²) < 4.78 is 20.3. The topological polar surface area (TPSA) is 24.5 Å². The molecule has 1 N–H and O–H groups in total. The van der Waals surface area contributed by atoms with E-state index >= 15 is 0 Å². The third-order valence-electron chi connectivity index (χ3n) is 4.43. The Morgan fingerprint density at radius 1 is 1.35 bits per heavy atom. The highest BCUT2D eigenvalue weighted by Gasteiger charge is 2.35. The lowest BCUT2D eigenvalue weighted by Crippen LogP contribution is -2.53. The molecule has 1 aromatic rings.